The number of hydrogen-bond donors (Lipinski definition) is 2. The summed E-state index contributed by atoms with van der Waals surface area (Å²) >= 11 is 0. The van der Waals surface area contributed by atoms with Crippen molar-refractivity contribution in [2.24, 2.45) is 0 Å². The van der Waals surface area contributed by atoms with Gasteiger partial charge in [-0.25, -0.2) is 13.2 Å². The van der Waals surface area contributed by atoms with Gasteiger partial charge in [0.1, 0.15) is 0 Å². The molecule has 0 spiro atoms. The Balaban J connectivity index is 1.34. The first-order chi connectivity index (χ1) is 14.3. The third-order valence-corrected chi connectivity index (χ3v) is 6.94. The number of nitrogens with one attached hydrogen (secondary N) is 2. The second-order valence-corrected chi connectivity index (χ2v) is 9.09. The van der Waals surface area contributed by atoms with Gasteiger partial charge in [0.25, 0.3) is 11.8 Å². The predicted molar refractivity (Wildman–Crippen MR) is 111 cm³/mol. The predicted octanol–water partition coefficient (Wildman–Crippen LogP) is 1.43. The van der Waals surface area contributed by atoms with E-state index in [0.29, 0.717) is 24.3 Å². The first-order valence-electron chi connectivity index (χ1n) is 9.37. The van der Waals surface area contributed by atoms with Crippen LogP contribution in [0, 0.1) is 0 Å². The van der Waals surface area contributed by atoms with E-state index in [1.807, 2.05) is 12.1 Å². The second-order valence-electron chi connectivity index (χ2n) is 7.08. The molecule has 2 aromatic carbocycles. The molecule has 10 heteroatoms. The first-order valence-corrected chi connectivity index (χ1v) is 11.0. The van der Waals surface area contributed by atoms with Gasteiger partial charge in [0.05, 0.1) is 22.6 Å². The SMILES string of the molecule is CN1C(=O)c2ccc(NC(=O)NCCS(=O)(=O)N3CCc4ccccc43)cc2C1=O. The molecule has 156 valence electrons. The van der Waals surface area contributed by atoms with Crippen LogP contribution in [0.15, 0.2) is 42.5 Å². The molecule has 0 atom stereocenters. The quantitative estimate of drug-likeness (QED) is 0.699. The van der Waals surface area contributed by atoms with Crippen LogP contribution in [0.2, 0.25) is 0 Å². The van der Waals surface area contributed by atoms with E-state index < -0.39 is 22.0 Å². The Morgan fingerprint density at radius 1 is 1.07 bits per heavy atom. The fraction of sp³-hybridized carbons (Fsp3) is 0.250. The number of hydrogen-bond acceptors (Lipinski definition) is 5. The molecule has 0 bridgehead atoms. The number of nitrogens with zero attached hydrogens (tertiary/aromatic N) is 2. The fourth-order valence-electron chi connectivity index (χ4n) is 3.61. The molecule has 2 heterocycles. The van der Waals surface area contributed by atoms with Crippen molar-refractivity contribution in [3.05, 3.63) is 59.2 Å². The van der Waals surface area contributed by atoms with Gasteiger partial charge in [0.15, 0.2) is 0 Å². The molecule has 2 aliphatic rings. The Hall–Kier alpha value is -3.40. The highest BCUT2D eigenvalue weighted by molar-refractivity contribution is 7.92. The van der Waals surface area contributed by atoms with E-state index in [1.165, 1.54) is 29.6 Å². The van der Waals surface area contributed by atoms with Gasteiger partial charge in [-0.2, -0.15) is 0 Å². The molecule has 0 unspecified atom stereocenters. The summed E-state index contributed by atoms with van der Waals surface area (Å²) in [6, 6.07) is 11.2. The molecule has 0 aliphatic carbocycles. The number of sulfonamides is 1. The minimum atomic E-state index is -3.57. The van der Waals surface area contributed by atoms with Gasteiger partial charge in [-0.1, -0.05) is 18.2 Å². The zero-order valence-corrected chi connectivity index (χ0v) is 17.0. The van der Waals surface area contributed by atoms with Crippen molar-refractivity contribution < 1.29 is 22.8 Å². The Morgan fingerprint density at radius 2 is 1.80 bits per heavy atom. The van der Waals surface area contributed by atoms with Crippen LogP contribution in [-0.2, 0) is 16.4 Å². The van der Waals surface area contributed by atoms with E-state index in [0.717, 1.165) is 10.5 Å². The molecular weight excluding hydrogens is 408 g/mol. The van der Waals surface area contributed by atoms with Crippen molar-refractivity contribution in [3.63, 3.8) is 0 Å². The number of anilines is 2. The van der Waals surface area contributed by atoms with Gasteiger partial charge in [-0.3, -0.25) is 18.8 Å². The fourth-order valence-corrected chi connectivity index (χ4v) is 5.04. The minimum Gasteiger partial charge on any atom is -0.337 e. The summed E-state index contributed by atoms with van der Waals surface area (Å²) in [5, 5.41) is 5.07. The number of carbonyl (C=O) groups is 3. The summed E-state index contributed by atoms with van der Waals surface area (Å²) in [4.78, 5) is 37.1. The van der Waals surface area contributed by atoms with E-state index >= 15 is 0 Å². The van der Waals surface area contributed by atoms with Crippen molar-refractivity contribution in [1.29, 1.82) is 0 Å². The lowest BCUT2D eigenvalue weighted by Gasteiger charge is -2.19. The van der Waals surface area contributed by atoms with Gasteiger partial charge >= 0.3 is 6.03 Å². The molecular formula is C20H20N4O5S. The second kappa shape index (κ2) is 7.45. The molecule has 2 aromatic rings. The van der Waals surface area contributed by atoms with E-state index in [1.54, 1.807) is 12.1 Å². The smallest absolute Gasteiger partial charge is 0.319 e. The number of amides is 4. The van der Waals surface area contributed by atoms with Crippen molar-refractivity contribution >= 4 is 39.2 Å². The zero-order chi connectivity index (χ0) is 21.5. The number of fused-ring (bicyclic) bond motifs is 2. The third-order valence-electron chi connectivity index (χ3n) is 5.17. The zero-order valence-electron chi connectivity index (χ0n) is 16.2. The standard InChI is InChI=1S/C20H20N4O5S/c1-23-18(25)15-7-6-14(12-16(15)19(23)26)22-20(27)21-9-11-30(28,29)24-10-8-13-4-2-3-5-17(13)24/h2-7,12H,8-11H2,1H3,(H2,21,22,27). The maximum Gasteiger partial charge on any atom is 0.319 e. The van der Waals surface area contributed by atoms with Crippen LogP contribution in [0.25, 0.3) is 0 Å². The molecule has 2 aliphatic heterocycles. The van der Waals surface area contributed by atoms with E-state index in [-0.39, 0.29) is 29.3 Å². The topological polar surface area (TPSA) is 116 Å². The summed E-state index contributed by atoms with van der Waals surface area (Å²) in [6.45, 7) is 0.322. The monoisotopic (exact) mass is 428 g/mol. The molecule has 4 amide bonds. The van der Waals surface area contributed by atoms with Gasteiger partial charge in [-0.05, 0) is 36.2 Å². The van der Waals surface area contributed by atoms with Crippen molar-refractivity contribution in [1.82, 2.24) is 10.2 Å². The van der Waals surface area contributed by atoms with E-state index in [4.69, 9.17) is 0 Å². The average Bonchev–Trinajstić information content (AvgIpc) is 3.24. The molecule has 0 aromatic heterocycles. The van der Waals surface area contributed by atoms with Crippen molar-refractivity contribution in [2.75, 3.05) is 35.5 Å². The Kier molecular flexibility index (Phi) is 4.94. The molecule has 30 heavy (non-hydrogen) atoms. The summed E-state index contributed by atoms with van der Waals surface area (Å²) < 4.78 is 26.7. The highest BCUT2D eigenvalue weighted by Gasteiger charge is 2.33. The van der Waals surface area contributed by atoms with Crippen LogP contribution in [-0.4, -0.2) is 57.1 Å². The van der Waals surface area contributed by atoms with Gasteiger partial charge in [0, 0.05) is 25.8 Å². The van der Waals surface area contributed by atoms with Crippen LogP contribution in [0.5, 0.6) is 0 Å². The number of rotatable bonds is 5. The first kappa shape index (κ1) is 19.9. The van der Waals surface area contributed by atoms with Crippen LogP contribution in [0.3, 0.4) is 0 Å². The normalized spacial score (nSPS) is 15.2. The number of para-hydroxylation sites is 1. The molecule has 0 saturated carbocycles. The molecule has 4 rings (SSSR count). The number of urea groups is 1. The third kappa shape index (κ3) is 3.50. The lowest BCUT2D eigenvalue weighted by molar-refractivity contribution is 0.0693. The van der Waals surface area contributed by atoms with E-state index in [9.17, 15) is 22.8 Å². The minimum absolute atomic E-state index is 0.0715. The summed E-state index contributed by atoms with van der Waals surface area (Å²) in [6.07, 6.45) is 0.665. The molecule has 0 fully saturated rings. The maximum atomic E-state index is 12.6. The van der Waals surface area contributed by atoms with Crippen LogP contribution in [0.1, 0.15) is 26.3 Å². The summed E-state index contributed by atoms with van der Waals surface area (Å²) in [5.74, 6) is -1.06. The number of imide groups is 1. The Labute approximate surface area is 173 Å². The van der Waals surface area contributed by atoms with Crippen LogP contribution >= 0.6 is 0 Å². The summed E-state index contributed by atoms with van der Waals surface area (Å²) in [5.41, 5.74) is 2.51. The summed E-state index contributed by atoms with van der Waals surface area (Å²) in [7, 11) is -2.17. The Morgan fingerprint density at radius 3 is 2.60 bits per heavy atom. The van der Waals surface area contributed by atoms with Crippen LogP contribution < -0.4 is 14.9 Å². The molecule has 9 nitrogen and oxygen atoms in total. The van der Waals surface area contributed by atoms with Crippen LogP contribution in [0.4, 0.5) is 16.2 Å². The highest BCUT2D eigenvalue weighted by Crippen LogP contribution is 2.30. The number of benzene rings is 2. The lowest BCUT2D eigenvalue weighted by Crippen LogP contribution is -2.38. The van der Waals surface area contributed by atoms with E-state index in [2.05, 4.69) is 10.6 Å². The van der Waals surface area contributed by atoms with Crippen molar-refractivity contribution in [2.45, 2.75) is 6.42 Å². The van der Waals surface area contributed by atoms with Gasteiger partial charge in [-0.15, -0.1) is 0 Å². The van der Waals surface area contributed by atoms with Crippen molar-refractivity contribution in [3.8, 4) is 0 Å². The largest absolute Gasteiger partial charge is 0.337 e. The Bertz CT molecular complexity index is 1160. The lowest BCUT2D eigenvalue weighted by atomic mass is 10.1. The molecule has 0 saturated heterocycles. The van der Waals surface area contributed by atoms with Gasteiger partial charge < -0.3 is 10.6 Å². The number of carbonyl (C=O) groups excluding carboxylic acids is 3. The molecule has 2 N–H and O–H groups in total. The maximum absolute atomic E-state index is 12.6. The highest BCUT2D eigenvalue weighted by atomic mass is 32.2. The average molecular weight is 428 g/mol. The van der Waals surface area contributed by atoms with Gasteiger partial charge in [0.2, 0.25) is 10.0 Å². The molecule has 0 radical (unpaired) electrons.